The zero-order valence-electron chi connectivity index (χ0n) is 40.9. The number of nitrogens with one attached hydrogen (secondary N) is 7. The molecule has 1 fully saturated rings. The summed E-state index contributed by atoms with van der Waals surface area (Å²) in [5, 5.41) is 56.0. The minimum atomic E-state index is -1.75. The van der Waals surface area contributed by atoms with E-state index in [4.69, 9.17) is 5.73 Å². The first-order valence-electron chi connectivity index (χ1n) is 23.2. The average Bonchev–Trinajstić information content (AvgIpc) is 3.77. The summed E-state index contributed by atoms with van der Waals surface area (Å²) in [5.74, 6) is -11.3. The first-order valence-corrected chi connectivity index (χ1v) is 23.2. The van der Waals surface area contributed by atoms with E-state index in [0.29, 0.717) is 18.4 Å². The number of benzene rings is 1. The van der Waals surface area contributed by atoms with Crippen LogP contribution in [0.15, 0.2) is 24.3 Å². The van der Waals surface area contributed by atoms with Crippen molar-refractivity contribution in [3.63, 3.8) is 0 Å². The number of carboxylic acid groups (broad SMARTS) is 2. The fourth-order valence-corrected chi connectivity index (χ4v) is 7.47. The van der Waals surface area contributed by atoms with Crippen molar-refractivity contribution < 1.29 is 68.4 Å². The van der Waals surface area contributed by atoms with Crippen molar-refractivity contribution in [1.82, 2.24) is 42.1 Å². The summed E-state index contributed by atoms with van der Waals surface area (Å²) in [6.07, 6.45) is 0.0633. The van der Waals surface area contributed by atoms with Crippen molar-refractivity contribution in [2.75, 3.05) is 13.2 Å². The van der Waals surface area contributed by atoms with Crippen LogP contribution in [-0.2, 0) is 54.4 Å². The van der Waals surface area contributed by atoms with Gasteiger partial charge in [0.05, 0.1) is 19.1 Å². The molecule has 23 heteroatoms. The van der Waals surface area contributed by atoms with Gasteiger partial charge in [-0.25, -0.2) is 4.79 Å². The van der Waals surface area contributed by atoms with Crippen LogP contribution in [-0.4, -0.2) is 152 Å². The summed E-state index contributed by atoms with van der Waals surface area (Å²) in [7, 11) is 0. The van der Waals surface area contributed by atoms with Crippen molar-refractivity contribution in [2.45, 2.75) is 155 Å². The van der Waals surface area contributed by atoms with E-state index < -0.39 is 144 Å². The Morgan fingerprint density at radius 3 is 1.72 bits per heavy atom. The van der Waals surface area contributed by atoms with Gasteiger partial charge in [0.1, 0.15) is 54.1 Å². The molecule has 8 amide bonds. The molecule has 0 aromatic heterocycles. The SMILES string of the molecule is CC[C@H](C)[C@H](NC(=O)[C@H](C)NC(=O)[C@@H](N)Cc1ccc(O)cc1)C(=O)N[C@@H](CC(=O)O)C(=O)N[C@@H](CC(C)C)C(=O)N1CCC[C@H]1C(=O)N[C@H](C(=O)N[C@@H](CO)C(=O)N[C@H](C(=O)O)C(C)C)C(C)C. The molecule has 1 aliphatic rings. The number of rotatable bonds is 27. The standard InChI is InChI=1S/C46H73N9O14/c1-10-25(8)37(54-38(60)26(9)48-39(61)29(47)19-27-13-15-28(57)16-14-27)44(66)49-30(20-34(58)59)40(62)50-31(18-22(2)3)45(67)55-17-11-12-33(55)42(64)52-35(23(4)5)43(65)51-32(21-56)41(63)53-36(24(6)7)46(68)69/h13-16,22-26,29-33,35-37,56-57H,10-12,17-21,47H2,1-9H3,(H,48,61)(H,49,66)(H,50,62)(H,51,65)(H,52,64)(H,53,63)(H,54,60)(H,58,59)(H,68,69)/t25-,26-,29-,30-,31-,32-,33-,35-,36-,37-/m0/s1. The first-order chi connectivity index (χ1) is 32.2. The number of phenols is 1. The van der Waals surface area contributed by atoms with E-state index in [1.807, 2.05) is 0 Å². The number of carboxylic acids is 2. The van der Waals surface area contributed by atoms with E-state index in [9.17, 15) is 68.4 Å². The molecular weight excluding hydrogens is 903 g/mol. The maximum absolute atomic E-state index is 14.3. The van der Waals surface area contributed by atoms with Gasteiger partial charge in [-0.2, -0.15) is 0 Å². The lowest BCUT2D eigenvalue weighted by molar-refractivity contribution is -0.144. The summed E-state index contributed by atoms with van der Waals surface area (Å²) >= 11 is 0. The molecule has 23 nitrogen and oxygen atoms in total. The summed E-state index contributed by atoms with van der Waals surface area (Å²) < 4.78 is 0. The molecular formula is C46H73N9O14. The fraction of sp³-hybridized carbons (Fsp3) is 0.652. The van der Waals surface area contributed by atoms with Gasteiger partial charge in [-0.05, 0) is 74.0 Å². The molecule has 386 valence electrons. The lowest BCUT2D eigenvalue weighted by Gasteiger charge is -2.32. The first kappa shape index (κ1) is 58.8. The number of aliphatic carboxylic acids is 2. The number of amides is 8. The summed E-state index contributed by atoms with van der Waals surface area (Å²) in [4.78, 5) is 133. The second kappa shape index (κ2) is 27.6. The highest BCUT2D eigenvalue weighted by atomic mass is 16.4. The molecule has 0 spiro atoms. The number of phenolic OH excluding ortho intramolecular Hbond substituents is 1. The topological polar surface area (TPSA) is 365 Å². The number of aliphatic hydroxyl groups is 1. The number of likely N-dealkylation sites (tertiary alicyclic amines) is 1. The third kappa shape index (κ3) is 18.2. The van der Waals surface area contributed by atoms with Gasteiger partial charge in [0, 0.05) is 6.54 Å². The molecule has 0 aliphatic carbocycles. The monoisotopic (exact) mass is 976 g/mol. The Balaban J connectivity index is 2.24. The third-order valence-corrected chi connectivity index (χ3v) is 11.7. The van der Waals surface area contributed by atoms with Gasteiger partial charge in [0.25, 0.3) is 0 Å². The number of hydrogen-bond acceptors (Lipinski definition) is 13. The second-order valence-corrected chi connectivity index (χ2v) is 18.7. The lowest BCUT2D eigenvalue weighted by atomic mass is 9.97. The van der Waals surface area contributed by atoms with Gasteiger partial charge in [-0.15, -0.1) is 0 Å². The summed E-state index contributed by atoms with van der Waals surface area (Å²) in [5.41, 5.74) is 6.71. The van der Waals surface area contributed by atoms with E-state index in [2.05, 4.69) is 37.2 Å². The predicted octanol–water partition coefficient (Wildman–Crippen LogP) is -1.38. The van der Waals surface area contributed by atoms with Crippen LogP contribution in [0.5, 0.6) is 5.75 Å². The molecule has 0 saturated carbocycles. The highest BCUT2D eigenvalue weighted by Crippen LogP contribution is 2.22. The number of carbonyl (C=O) groups excluding carboxylic acids is 8. The van der Waals surface area contributed by atoms with Crippen LogP contribution in [0.25, 0.3) is 0 Å². The van der Waals surface area contributed by atoms with E-state index in [0.717, 1.165) is 0 Å². The largest absolute Gasteiger partial charge is 0.508 e. The lowest BCUT2D eigenvalue weighted by Crippen LogP contribution is -2.61. The zero-order chi connectivity index (χ0) is 52.4. The zero-order valence-corrected chi connectivity index (χ0v) is 40.9. The van der Waals surface area contributed by atoms with E-state index >= 15 is 0 Å². The van der Waals surface area contributed by atoms with E-state index in [1.165, 1.54) is 24.0 Å². The summed E-state index contributed by atoms with van der Waals surface area (Å²) in [6, 6.07) is -5.85. The molecule has 1 aromatic carbocycles. The Morgan fingerprint density at radius 2 is 1.20 bits per heavy atom. The molecule has 2 rings (SSSR count). The van der Waals surface area contributed by atoms with Gasteiger partial charge >= 0.3 is 11.9 Å². The number of aromatic hydroxyl groups is 1. The number of nitrogens with two attached hydrogens (primary N) is 1. The molecule has 1 heterocycles. The van der Waals surface area contributed by atoms with Crippen molar-refractivity contribution >= 4 is 59.2 Å². The third-order valence-electron chi connectivity index (χ3n) is 11.7. The van der Waals surface area contributed by atoms with Crippen molar-refractivity contribution in [2.24, 2.45) is 29.4 Å². The Labute approximate surface area is 402 Å². The molecule has 0 bridgehead atoms. The van der Waals surface area contributed by atoms with Crippen molar-refractivity contribution in [3.05, 3.63) is 29.8 Å². The molecule has 13 N–H and O–H groups in total. The van der Waals surface area contributed by atoms with Gasteiger partial charge in [0.15, 0.2) is 0 Å². The van der Waals surface area contributed by atoms with Crippen LogP contribution in [0.2, 0.25) is 0 Å². The van der Waals surface area contributed by atoms with Gasteiger partial charge < -0.3 is 68.3 Å². The van der Waals surface area contributed by atoms with Crippen molar-refractivity contribution in [3.8, 4) is 5.75 Å². The van der Waals surface area contributed by atoms with Crippen LogP contribution in [0.1, 0.15) is 100.0 Å². The quantitative estimate of drug-likeness (QED) is 0.0484. The average molecular weight is 976 g/mol. The van der Waals surface area contributed by atoms with E-state index in [1.54, 1.807) is 67.5 Å². The molecule has 69 heavy (non-hydrogen) atoms. The van der Waals surface area contributed by atoms with Gasteiger partial charge in [-0.3, -0.25) is 43.2 Å². The molecule has 1 aromatic rings. The highest BCUT2D eigenvalue weighted by molar-refractivity contribution is 5.99. The van der Waals surface area contributed by atoms with Gasteiger partial charge in [0.2, 0.25) is 47.3 Å². The van der Waals surface area contributed by atoms with Crippen LogP contribution in [0.4, 0.5) is 0 Å². The van der Waals surface area contributed by atoms with Crippen molar-refractivity contribution in [1.29, 1.82) is 0 Å². The normalized spacial score (nSPS) is 17.5. The van der Waals surface area contributed by atoms with Crippen LogP contribution in [0, 0.1) is 23.7 Å². The number of nitrogens with zero attached hydrogens (tertiary/aromatic N) is 1. The number of carbonyl (C=O) groups is 10. The Morgan fingerprint density at radius 1 is 0.667 bits per heavy atom. The predicted molar refractivity (Wildman–Crippen MR) is 249 cm³/mol. The molecule has 0 radical (unpaired) electrons. The Hall–Kier alpha value is -6.36. The summed E-state index contributed by atoms with van der Waals surface area (Å²) in [6.45, 7) is 13.8. The smallest absolute Gasteiger partial charge is 0.326 e. The Kier molecular flexibility index (Phi) is 23.5. The fourth-order valence-electron chi connectivity index (χ4n) is 7.47. The van der Waals surface area contributed by atoms with Crippen LogP contribution >= 0.6 is 0 Å². The molecule has 10 atom stereocenters. The van der Waals surface area contributed by atoms with Crippen LogP contribution in [0.3, 0.4) is 0 Å². The highest BCUT2D eigenvalue weighted by Gasteiger charge is 2.41. The Bertz CT molecular complexity index is 1980. The number of hydrogen-bond donors (Lipinski definition) is 12. The molecule has 0 unspecified atom stereocenters. The maximum Gasteiger partial charge on any atom is 0.326 e. The van der Waals surface area contributed by atoms with Crippen LogP contribution < -0.4 is 43.0 Å². The number of aliphatic hydroxyl groups excluding tert-OH is 1. The second-order valence-electron chi connectivity index (χ2n) is 18.7. The molecule has 1 aliphatic heterocycles. The van der Waals surface area contributed by atoms with Gasteiger partial charge in [-0.1, -0.05) is 73.9 Å². The minimum absolute atomic E-state index is 0.0259. The van der Waals surface area contributed by atoms with E-state index in [-0.39, 0.29) is 37.5 Å². The maximum atomic E-state index is 14.3. The minimum Gasteiger partial charge on any atom is -0.508 e. The molecule has 1 saturated heterocycles.